The minimum atomic E-state index is 0.458. The second kappa shape index (κ2) is 5.99. The second-order valence-electron chi connectivity index (χ2n) is 5.39. The van der Waals surface area contributed by atoms with Crippen LogP contribution in [0.1, 0.15) is 39.5 Å². The molecule has 3 unspecified atom stereocenters. The number of ether oxygens (including phenoxy) is 1. The van der Waals surface area contributed by atoms with Crippen LogP contribution in [-0.2, 0) is 4.74 Å². The van der Waals surface area contributed by atoms with Gasteiger partial charge in [0.1, 0.15) is 0 Å². The number of hydrogen-bond donors (Lipinski definition) is 1. The molecule has 0 amide bonds. The van der Waals surface area contributed by atoms with Gasteiger partial charge in [0.15, 0.2) is 0 Å². The summed E-state index contributed by atoms with van der Waals surface area (Å²) >= 11 is 0. The van der Waals surface area contributed by atoms with Gasteiger partial charge in [0.25, 0.3) is 0 Å². The first-order valence-corrected chi connectivity index (χ1v) is 6.84. The summed E-state index contributed by atoms with van der Waals surface area (Å²) in [7, 11) is 0. The van der Waals surface area contributed by atoms with Crippen LogP contribution in [0, 0.1) is 0 Å². The van der Waals surface area contributed by atoms with E-state index in [-0.39, 0.29) is 0 Å². The first kappa shape index (κ1) is 12.3. The molecule has 3 nitrogen and oxygen atoms in total. The van der Waals surface area contributed by atoms with Crippen molar-refractivity contribution in [2.45, 2.75) is 57.7 Å². The standard InChI is InChI=1S/C13H26N2O/c1-11-4-8-15(7-3-6-14-11)13-5-9-16-12(2)10-13/h11-14H,3-10H2,1-2H3. The Morgan fingerprint density at radius 1 is 1.19 bits per heavy atom. The minimum absolute atomic E-state index is 0.458. The summed E-state index contributed by atoms with van der Waals surface area (Å²) < 4.78 is 5.64. The lowest BCUT2D eigenvalue weighted by Gasteiger charge is -2.38. The van der Waals surface area contributed by atoms with Crippen LogP contribution in [0.2, 0.25) is 0 Å². The molecule has 0 aromatic carbocycles. The summed E-state index contributed by atoms with van der Waals surface area (Å²) in [6, 6.07) is 1.45. The van der Waals surface area contributed by atoms with Crippen LogP contribution >= 0.6 is 0 Å². The molecule has 0 saturated carbocycles. The summed E-state index contributed by atoms with van der Waals surface area (Å²) in [5, 5.41) is 3.57. The molecule has 1 N–H and O–H groups in total. The van der Waals surface area contributed by atoms with Gasteiger partial charge in [-0.15, -0.1) is 0 Å². The van der Waals surface area contributed by atoms with Gasteiger partial charge in [0.05, 0.1) is 6.10 Å². The third-order valence-corrected chi connectivity index (χ3v) is 3.94. The highest BCUT2D eigenvalue weighted by molar-refractivity contribution is 4.80. The van der Waals surface area contributed by atoms with E-state index >= 15 is 0 Å². The zero-order valence-electron chi connectivity index (χ0n) is 10.7. The molecule has 2 rings (SSSR count). The molecule has 2 saturated heterocycles. The first-order valence-electron chi connectivity index (χ1n) is 6.84. The van der Waals surface area contributed by atoms with Crippen molar-refractivity contribution in [1.82, 2.24) is 10.2 Å². The van der Waals surface area contributed by atoms with Crippen LogP contribution in [0.25, 0.3) is 0 Å². The Bertz CT molecular complexity index is 210. The fourth-order valence-corrected chi connectivity index (χ4v) is 2.88. The van der Waals surface area contributed by atoms with Gasteiger partial charge >= 0.3 is 0 Å². The van der Waals surface area contributed by atoms with Gasteiger partial charge in [-0.3, -0.25) is 0 Å². The van der Waals surface area contributed by atoms with Crippen molar-refractivity contribution in [1.29, 1.82) is 0 Å². The minimum Gasteiger partial charge on any atom is -0.378 e. The predicted octanol–water partition coefficient (Wildman–Crippen LogP) is 1.63. The van der Waals surface area contributed by atoms with E-state index in [1.165, 1.54) is 45.3 Å². The molecule has 0 aliphatic carbocycles. The Morgan fingerprint density at radius 3 is 2.88 bits per heavy atom. The van der Waals surface area contributed by atoms with Gasteiger partial charge in [-0.25, -0.2) is 0 Å². The molecule has 2 heterocycles. The van der Waals surface area contributed by atoms with Gasteiger partial charge in [0, 0.05) is 18.7 Å². The highest BCUT2D eigenvalue weighted by Crippen LogP contribution is 2.20. The van der Waals surface area contributed by atoms with Crippen LogP contribution in [0.4, 0.5) is 0 Å². The van der Waals surface area contributed by atoms with Crippen LogP contribution in [-0.4, -0.2) is 49.3 Å². The number of hydrogen-bond acceptors (Lipinski definition) is 3. The monoisotopic (exact) mass is 226 g/mol. The third-order valence-electron chi connectivity index (χ3n) is 3.94. The molecular weight excluding hydrogens is 200 g/mol. The molecular formula is C13H26N2O. The molecule has 2 fully saturated rings. The number of nitrogens with one attached hydrogen (secondary N) is 1. The predicted molar refractivity (Wildman–Crippen MR) is 66.7 cm³/mol. The van der Waals surface area contributed by atoms with Gasteiger partial charge in [-0.1, -0.05) is 0 Å². The summed E-state index contributed by atoms with van der Waals surface area (Å²) in [4.78, 5) is 2.70. The van der Waals surface area contributed by atoms with E-state index in [4.69, 9.17) is 4.74 Å². The number of rotatable bonds is 1. The van der Waals surface area contributed by atoms with Gasteiger partial charge in [0.2, 0.25) is 0 Å². The van der Waals surface area contributed by atoms with Crippen molar-refractivity contribution in [2.75, 3.05) is 26.2 Å². The molecule has 94 valence electrons. The van der Waals surface area contributed by atoms with Crippen molar-refractivity contribution in [3.8, 4) is 0 Å². The smallest absolute Gasteiger partial charge is 0.0561 e. The van der Waals surface area contributed by atoms with Gasteiger partial charge in [-0.05, 0) is 59.2 Å². The van der Waals surface area contributed by atoms with Crippen molar-refractivity contribution < 1.29 is 4.74 Å². The van der Waals surface area contributed by atoms with E-state index in [9.17, 15) is 0 Å². The van der Waals surface area contributed by atoms with Crippen molar-refractivity contribution in [2.24, 2.45) is 0 Å². The van der Waals surface area contributed by atoms with Gasteiger partial charge in [-0.2, -0.15) is 0 Å². The zero-order chi connectivity index (χ0) is 11.4. The summed E-state index contributed by atoms with van der Waals surface area (Å²) in [6.07, 6.45) is 5.48. The lowest BCUT2D eigenvalue weighted by molar-refractivity contribution is -0.0192. The van der Waals surface area contributed by atoms with Crippen LogP contribution in [0.15, 0.2) is 0 Å². The van der Waals surface area contributed by atoms with E-state index in [0.717, 1.165) is 12.6 Å². The molecule has 2 aliphatic rings. The molecule has 2 aliphatic heterocycles. The Morgan fingerprint density at radius 2 is 2.06 bits per heavy atom. The molecule has 0 bridgehead atoms. The lowest BCUT2D eigenvalue weighted by atomic mass is 10.0. The van der Waals surface area contributed by atoms with Crippen LogP contribution in [0.5, 0.6) is 0 Å². The zero-order valence-corrected chi connectivity index (χ0v) is 10.7. The van der Waals surface area contributed by atoms with E-state index in [1.54, 1.807) is 0 Å². The topological polar surface area (TPSA) is 24.5 Å². The van der Waals surface area contributed by atoms with Crippen LogP contribution in [0.3, 0.4) is 0 Å². The second-order valence-corrected chi connectivity index (χ2v) is 5.39. The Balaban J connectivity index is 1.85. The molecule has 0 radical (unpaired) electrons. The van der Waals surface area contributed by atoms with E-state index in [2.05, 4.69) is 24.1 Å². The summed E-state index contributed by atoms with van der Waals surface area (Å²) in [5.74, 6) is 0. The third kappa shape index (κ3) is 3.44. The normalized spacial score (nSPS) is 39.0. The molecule has 3 heteroatoms. The molecule has 0 aromatic heterocycles. The van der Waals surface area contributed by atoms with E-state index < -0.39 is 0 Å². The largest absolute Gasteiger partial charge is 0.378 e. The fraction of sp³-hybridized carbons (Fsp3) is 1.00. The van der Waals surface area contributed by atoms with E-state index in [0.29, 0.717) is 12.1 Å². The average Bonchev–Trinajstić information content (AvgIpc) is 2.24. The maximum absolute atomic E-state index is 5.64. The van der Waals surface area contributed by atoms with Crippen molar-refractivity contribution in [3.05, 3.63) is 0 Å². The maximum atomic E-state index is 5.64. The number of nitrogens with zero attached hydrogens (tertiary/aromatic N) is 1. The average molecular weight is 226 g/mol. The van der Waals surface area contributed by atoms with Crippen molar-refractivity contribution in [3.63, 3.8) is 0 Å². The van der Waals surface area contributed by atoms with Crippen LogP contribution < -0.4 is 5.32 Å². The van der Waals surface area contributed by atoms with Gasteiger partial charge < -0.3 is 15.0 Å². The highest BCUT2D eigenvalue weighted by atomic mass is 16.5. The summed E-state index contributed by atoms with van der Waals surface area (Å²) in [5.41, 5.74) is 0. The summed E-state index contributed by atoms with van der Waals surface area (Å²) in [6.45, 7) is 9.16. The fourth-order valence-electron chi connectivity index (χ4n) is 2.88. The molecule has 3 atom stereocenters. The molecule has 0 spiro atoms. The SMILES string of the molecule is CC1CCN(C2CCOC(C)C2)CCCN1. The lowest BCUT2D eigenvalue weighted by Crippen LogP contribution is -2.46. The molecule has 0 aromatic rings. The first-order chi connectivity index (χ1) is 7.75. The Labute approximate surface area is 99.5 Å². The Hall–Kier alpha value is -0.120. The quantitative estimate of drug-likeness (QED) is 0.735. The highest BCUT2D eigenvalue weighted by Gasteiger charge is 2.25. The van der Waals surface area contributed by atoms with Crippen molar-refractivity contribution >= 4 is 0 Å². The molecule has 16 heavy (non-hydrogen) atoms. The maximum Gasteiger partial charge on any atom is 0.0561 e. The Kier molecular flexibility index (Phi) is 4.62. The van der Waals surface area contributed by atoms with E-state index in [1.807, 2.05) is 0 Å².